The van der Waals surface area contributed by atoms with Gasteiger partial charge >= 0.3 is 0 Å². The molecule has 0 radical (unpaired) electrons. The maximum absolute atomic E-state index is 13.1. The van der Waals surface area contributed by atoms with Crippen LogP contribution in [0.2, 0.25) is 10.0 Å². The molecule has 5 rings (SSSR count). The van der Waals surface area contributed by atoms with E-state index in [1.807, 2.05) is 23.2 Å². The van der Waals surface area contributed by atoms with Gasteiger partial charge in [0.05, 0.1) is 16.8 Å². The van der Waals surface area contributed by atoms with Gasteiger partial charge in [0, 0.05) is 24.5 Å². The van der Waals surface area contributed by atoms with Gasteiger partial charge in [-0.05, 0) is 60.6 Å². The summed E-state index contributed by atoms with van der Waals surface area (Å²) in [4.78, 5) is 13.1. The molecule has 1 aliphatic carbocycles. The highest BCUT2D eigenvalue weighted by Crippen LogP contribution is 2.40. The van der Waals surface area contributed by atoms with Crippen LogP contribution < -0.4 is 10.4 Å². The van der Waals surface area contributed by atoms with Crippen molar-refractivity contribution in [3.8, 4) is 5.75 Å². The number of rotatable bonds is 4. The number of hydrogen-bond acceptors (Lipinski definition) is 5. The Morgan fingerprint density at radius 1 is 1.06 bits per heavy atom. The van der Waals surface area contributed by atoms with Crippen LogP contribution in [0.1, 0.15) is 37.3 Å². The fourth-order valence-corrected chi connectivity index (χ4v) is 5.52. The van der Waals surface area contributed by atoms with E-state index in [9.17, 15) is 9.90 Å². The first-order chi connectivity index (χ1) is 15.0. The predicted molar refractivity (Wildman–Crippen MR) is 122 cm³/mol. The fourth-order valence-electron chi connectivity index (χ4n) is 5.03. The number of phenolic OH excluding ortho intramolecular Hbond substituents is 1. The molecule has 0 spiro atoms. The van der Waals surface area contributed by atoms with E-state index in [1.54, 1.807) is 29.3 Å². The highest BCUT2D eigenvalue weighted by molar-refractivity contribution is 6.40. The van der Waals surface area contributed by atoms with Crippen molar-refractivity contribution >= 4 is 40.5 Å². The highest BCUT2D eigenvalue weighted by Gasteiger charge is 2.38. The average Bonchev–Trinajstić information content (AvgIpc) is 3.43. The third-order valence-electron chi connectivity index (χ3n) is 6.59. The summed E-state index contributed by atoms with van der Waals surface area (Å²) in [6.07, 6.45) is 4.25. The lowest BCUT2D eigenvalue weighted by atomic mass is 10.0. The molecule has 0 aromatic heterocycles. The molecule has 2 aromatic rings. The number of halogens is 2. The average molecular weight is 459 g/mol. The van der Waals surface area contributed by atoms with Gasteiger partial charge in [-0.1, -0.05) is 41.8 Å². The summed E-state index contributed by atoms with van der Waals surface area (Å²) in [7, 11) is 0. The van der Waals surface area contributed by atoms with Crippen molar-refractivity contribution in [3.05, 3.63) is 58.1 Å². The number of aromatic hydroxyl groups is 1. The van der Waals surface area contributed by atoms with Crippen LogP contribution in [0.4, 0.5) is 5.69 Å². The van der Waals surface area contributed by atoms with Crippen LogP contribution in [0, 0.1) is 11.8 Å². The number of benzene rings is 2. The summed E-state index contributed by atoms with van der Waals surface area (Å²) in [5.41, 5.74) is 5.15. The van der Waals surface area contributed by atoms with E-state index >= 15 is 0 Å². The molecule has 1 amide bonds. The maximum atomic E-state index is 13.1. The number of carbonyl (C=O) groups is 1. The minimum Gasteiger partial charge on any atom is -0.508 e. The third-order valence-corrected chi connectivity index (χ3v) is 7.13. The fraction of sp³-hybridized carbons (Fsp3) is 0.391. The Labute approximate surface area is 191 Å². The number of hydrazine groups is 1. The molecule has 6 nitrogen and oxygen atoms in total. The largest absolute Gasteiger partial charge is 0.508 e. The first kappa shape index (κ1) is 20.6. The number of hydrogen-bond donors (Lipinski definition) is 2. The van der Waals surface area contributed by atoms with E-state index < -0.39 is 0 Å². The standard InChI is InChI=1S/C23H24Cl2N4O2/c24-17-6-9-21(19(25)10-17)29-22(14-4-7-18(30)8-5-14)11-20(26-29)23(31)27-28-12-15-2-1-3-16(15)13-28/h4-10,15-16,22,30H,1-3,11-13H2,(H,27,31). The number of anilines is 1. The third kappa shape index (κ3) is 4.12. The number of phenols is 1. The lowest BCUT2D eigenvalue weighted by molar-refractivity contribution is -0.119. The molecule has 1 saturated heterocycles. The predicted octanol–water partition coefficient (Wildman–Crippen LogP) is 4.77. The zero-order valence-corrected chi connectivity index (χ0v) is 18.5. The summed E-state index contributed by atoms with van der Waals surface area (Å²) in [6, 6.07) is 12.0. The Kier molecular flexibility index (Phi) is 5.54. The van der Waals surface area contributed by atoms with E-state index in [0.29, 0.717) is 39.7 Å². The number of amides is 1. The molecule has 31 heavy (non-hydrogen) atoms. The van der Waals surface area contributed by atoms with Crippen LogP contribution in [-0.2, 0) is 4.79 Å². The van der Waals surface area contributed by atoms with E-state index in [4.69, 9.17) is 23.2 Å². The molecule has 3 unspecified atom stereocenters. The Morgan fingerprint density at radius 2 is 1.77 bits per heavy atom. The number of carbonyl (C=O) groups excluding carboxylic acids is 1. The molecule has 2 aromatic carbocycles. The number of hydrazone groups is 1. The minimum atomic E-state index is -0.210. The van der Waals surface area contributed by atoms with Crippen molar-refractivity contribution in [2.24, 2.45) is 16.9 Å². The molecule has 3 atom stereocenters. The SMILES string of the molecule is O=C(NN1CC2CCCC2C1)C1=NN(c2ccc(Cl)cc2Cl)C(c2ccc(O)cc2)C1. The van der Waals surface area contributed by atoms with Crippen LogP contribution in [0.25, 0.3) is 0 Å². The zero-order valence-electron chi connectivity index (χ0n) is 17.0. The van der Waals surface area contributed by atoms with Crippen molar-refractivity contribution < 1.29 is 9.90 Å². The molecule has 8 heteroatoms. The Bertz CT molecular complexity index is 1010. The highest BCUT2D eigenvalue weighted by atomic mass is 35.5. The number of nitrogens with zero attached hydrogens (tertiary/aromatic N) is 3. The van der Waals surface area contributed by atoms with Crippen LogP contribution in [0.3, 0.4) is 0 Å². The van der Waals surface area contributed by atoms with E-state index in [0.717, 1.165) is 18.7 Å². The Balaban J connectivity index is 1.39. The van der Waals surface area contributed by atoms with Crippen LogP contribution in [0.5, 0.6) is 5.75 Å². The molecule has 162 valence electrons. The van der Waals surface area contributed by atoms with Gasteiger partial charge < -0.3 is 5.11 Å². The van der Waals surface area contributed by atoms with Gasteiger partial charge in [-0.2, -0.15) is 5.10 Å². The molecular formula is C23H24Cl2N4O2. The second-order valence-electron chi connectivity index (χ2n) is 8.60. The van der Waals surface area contributed by atoms with Crippen LogP contribution in [0.15, 0.2) is 47.6 Å². The summed E-state index contributed by atoms with van der Waals surface area (Å²) in [5.74, 6) is 1.41. The maximum Gasteiger partial charge on any atom is 0.281 e. The summed E-state index contributed by atoms with van der Waals surface area (Å²) in [6.45, 7) is 1.83. The smallest absolute Gasteiger partial charge is 0.281 e. The minimum absolute atomic E-state index is 0.170. The number of nitrogens with one attached hydrogen (secondary N) is 1. The van der Waals surface area contributed by atoms with Gasteiger partial charge in [0.2, 0.25) is 0 Å². The normalized spacial score (nSPS) is 25.5. The first-order valence-corrected chi connectivity index (χ1v) is 11.4. The molecule has 3 aliphatic rings. The molecule has 2 N–H and O–H groups in total. The molecule has 1 saturated carbocycles. The quantitative estimate of drug-likeness (QED) is 0.692. The zero-order chi connectivity index (χ0) is 21.5. The van der Waals surface area contributed by atoms with Gasteiger partial charge in [-0.15, -0.1) is 0 Å². The molecule has 2 aliphatic heterocycles. The Hall–Kier alpha value is -2.28. The van der Waals surface area contributed by atoms with Crippen molar-refractivity contribution in [2.75, 3.05) is 18.1 Å². The topological polar surface area (TPSA) is 68.2 Å². The lowest BCUT2D eigenvalue weighted by Crippen LogP contribution is -2.44. The monoisotopic (exact) mass is 458 g/mol. The molecule has 2 fully saturated rings. The molecule has 0 bridgehead atoms. The van der Waals surface area contributed by atoms with Crippen molar-refractivity contribution in [1.29, 1.82) is 0 Å². The van der Waals surface area contributed by atoms with Gasteiger partial charge in [0.25, 0.3) is 5.91 Å². The summed E-state index contributed by atoms with van der Waals surface area (Å²) >= 11 is 12.5. The second kappa shape index (κ2) is 8.34. The van der Waals surface area contributed by atoms with E-state index in [-0.39, 0.29) is 17.7 Å². The Morgan fingerprint density at radius 3 is 2.45 bits per heavy atom. The van der Waals surface area contributed by atoms with Gasteiger partial charge in [-0.3, -0.25) is 15.2 Å². The van der Waals surface area contributed by atoms with Gasteiger partial charge in [-0.25, -0.2) is 5.01 Å². The van der Waals surface area contributed by atoms with Gasteiger partial charge in [0.1, 0.15) is 11.5 Å². The molecule has 2 heterocycles. The summed E-state index contributed by atoms with van der Waals surface area (Å²) in [5, 5.41) is 19.2. The van der Waals surface area contributed by atoms with E-state index in [1.165, 1.54) is 19.3 Å². The second-order valence-corrected chi connectivity index (χ2v) is 9.44. The van der Waals surface area contributed by atoms with Crippen molar-refractivity contribution in [1.82, 2.24) is 10.4 Å². The first-order valence-electron chi connectivity index (χ1n) is 10.6. The number of fused-ring (bicyclic) bond motifs is 1. The van der Waals surface area contributed by atoms with Crippen LogP contribution >= 0.6 is 23.2 Å². The van der Waals surface area contributed by atoms with Crippen molar-refractivity contribution in [3.63, 3.8) is 0 Å². The van der Waals surface area contributed by atoms with E-state index in [2.05, 4.69) is 10.5 Å². The van der Waals surface area contributed by atoms with Gasteiger partial charge in [0.15, 0.2) is 0 Å². The summed E-state index contributed by atoms with van der Waals surface area (Å²) < 4.78 is 0. The molecular weight excluding hydrogens is 435 g/mol. The lowest BCUT2D eigenvalue weighted by Gasteiger charge is -2.25. The van der Waals surface area contributed by atoms with Crippen LogP contribution in [-0.4, -0.2) is 34.8 Å². The van der Waals surface area contributed by atoms with Crippen molar-refractivity contribution in [2.45, 2.75) is 31.7 Å².